The molecule has 30 heavy (non-hydrogen) atoms. The SMILES string of the molecule is C=C(NCCCc1ccc(-c2ccccc2)cc1)c1[nH]c(Cl)nc1NCCCCC. The van der Waals surface area contributed by atoms with E-state index < -0.39 is 0 Å². The number of benzene rings is 2. The van der Waals surface area contributed by atoms with Gasteiger partial charge in [0.1, 0.15) is 5.69 Å². The second kappa shape index (κ2) is 11.5. The molecule has 0 bridgehead atoms. The highest BCUT2D eigenvalue weighted by atomic mass is 35.5. The summed E-state index contributed by atoms with van der Waals surface area (Å²) >= 11 is 6.07. The van der Waals surface area contributed by atoms with Crippen LogP contribution in [0, 0.1) is 0 Å². The third kappa shape index (κ3) is 6.39. The number of halogens is 1. The zero-order valence-corrected chi connectivity index (χ0v) is 18.4. The lowest BCUT2D eigenvalue weighted by Gasteiger charge is -2.11. The van der Waals surface area contributed by atoms with Crippen LogP contribution >= 0.6 is 11.6 Å². The Labute approximate surface area is 184 Å². The summed E-state index contributed by atoms with van der Waals surface area (Å²) in [5, 5.41) is 7.13. The van der Waals surface area contributed by atoms with E-state index >= 15 is 0 Å². The Hall–Kier alpha value is -2.72. The van der Waals surface area contributed by atoms with Crippen molar-refractivity contribution in [3.8, 4) is 11.1 Å². The summed E-state index contributed by atoms with van der Waals surface area (Å²) in [6.07, 6.45) is 5.54. The highest BCUT2D eigenvalue weighted by Gasteiger charge is 2.11. The number of aromatic nitrogens is 2. The van der Waals surface area contributed by atoms with Gasteiger partial charge in [-0.25, -0.2) is 4.98 Å². The van der Waals surface area contributed by atoms with Gasteiger partial charge in [-0.05, 0) is 47.6 Å². The molecule has 3 aromatic rings. The molecule has 0 aliphatic rings. The molecule has 0 saturated heterocycles. The maximum atomic E-state index is 6.07. The van der Waals surface area contributed by atoms with Crippen molar-refractivity contribution in [1.82, 2.24) is 15.3 Å². The minimum atomic E-state index is 0.379. The van der Waals surface area contributed by atoms with Gasteiger partial charge in [-0.15, -0.1) is 0 Å². The fraction of sp³-hybridized carbons (Fsp3) is 0.320. The van der Waals surface area contributed by atoms with Crippen molar-refractivity contribution in [1.29, 1.82) is 0 Å². The number of aromatic amines is 1. The first-order valence-electron chi connectivity index (χ1n) is 10.7. The highest BCUT2D eigenvalue weighted by molar-refractivity contribution is 6.28. The number of unbranched alkanes of at least 4 members (excludes halogenated alkanes) is 2. The molecule has 3 rings (SSSR count). The summed E-state index contributed by atoms with van der Waals surface area (Å²) in [6, 6.07) is 19.3. The van der Waals surface area contributed by atoms with Crippen LogP contribution in [0.5, 0.6) is 0 Å². The van der Waals surface area contributed by atoms with Gasteiger partial charge >= 0.3 is 0 Å². The second-order valence-electron chi connectivity index (χ2n) is 7.46. The van der Waals surface area contributed by atoms with Crippen molar-refractivity contribution >= 4 is 23.1 Å². The van der Waals surface area contributed by atoms with Gasteiger partial charge in [-0.2, -0.15) is 0 Å². The molecule has 1 heterocycles. The number of nitrogens with zero attached hydrogens (tertiary/aromatic N) is 1. The predicted molar refractivity (Wildman–Crippen MR) is 129 cm³/mol. The van der Waals surface area contributed by atoms with E-state index in [4.69, 9.17) is 11.6 Å². The molecule has 4 nitrogen and oxygen atoms in total. The van der Waals surface area contributed by atoms with Crippen LogP contribution in [0.2, 0.25) is 5.28 Å². The Morgan fingerprint density at radius 3 is 2.43 bits per heavy atom. The minimum absolute atomic E-state index is 0.379. The number of nitrogens with one attached hydrogen (secondary N) is 3. The first kappa shape index (κ1) is 22.0. The Morgan fingerprint density at radius 1 is 0.967 bits per heavy atom. The largest absolute Gasteiger partial charge is 0.384 e. The fourth-order valence-corrected chi connectivity index (χ4v) is 3.57. The quantitative estimate of drug-likeness (QED) is 0.291. The van der Waals surface area contributed by atoms with Gasteiger partial charge in [-0.3, -0.25) is 0 Å². The number of hydrogen-bond acceptors (Lipinski definition) is 3. The average molecular weight is 423 g/mol. The van der Waals surface area contributed by atoms with Crippen LogP contribution in [-0.2, 0) is 6.42 Å². The number of imidazole rings is 1. The molecule has 0 aliphatic carbocycles. The van der Waals surface area contributed by atoms with Crippen LogP contribution in [0.25, 0.3) is 16.8 Å². The summed E-state index contributed by atoms with van der Waals surface area (Å²) in [5.41, 5.74) is 5.49. The molecular formula is C25H31ClN4. The van der Waals surface area contributed by atoms with Gasteiger partial charge in [-0.1, -0.05) is 80.9 Å². The number of aryl methyl sites for hydroxylation is 1. The normalized spacial score (nSPS) is 10.7. The van der Waals surface area contributed by atoms with E-state index in [1.165, 1.54) is 29.5 Å². The van der Waals surface area contributed by atoms with Crippen molar-refractivity contribution in [2.45, 2.75) is 39.0 Å². The highest BCUT2D eigenvalue weighted by Crippen LogP contribution is 2.22. The molecule has 1 aromatic heterocycles. The molecule has 0 spiro atoms. The molecule has 3 N–H and O–H groups in total. The number of anilines is 1. The monoisotopic (exact) mass is 422 g/mol. The molecule has 0 aliphatic heterocycles. The summed E-state index contributed by atoms with van der Waals surface area (Å²) in [6.45, 7) is 8.07. The molecule has 2 aromatic carbocycles. The molecule has 0 atom stereocenters. The zero-order valence-electron chi connectivity index (χ0n) is 17.7. The predicted octanol–water partition coefficient (Wildman–Crippen LogP) is 6.53. The third-order valence-electron chi connectivity index (χ3n) is 5.09. The Morgan fingerprint density at radius 2 is 1.70 bits per heavy atom. The third-order valence-corrected chi connectivity index (χ3v) is 5.27. The summed E-state index contributed by atoms with van der Waals surface area (Å²) < 4.78 is 0. The lowest BCUT2D eigenvalue weighted by Crippen LogP contribution is -2.15. The van der Waals surface area contributed by atoms with E-state index in [9.17, 15) is 0 Å². The minimum Gasteiger partial charge on any atom is -0.384 e. The smallest absolute Gasteiger partial charge is 0.202 e. The van der Waals surface area contributed by atoms with Gasteiger partial charge in [0.2, 0.25) is 5.28 Å². The van der Waals surface area contributed by atoms with E-state index in [-0.39, 0.29) is 0 Å². The van der Waals surface area contributed by atoms with Gasteiger partial charge in [0, 0.05) is 13.1 Å². The van der Waals surface area contributed by atoms with Crippen molar-refractivity contribution in [3.63, 3.8) is 0 Å². The van der Waals surface area contributed by atoms with E-state index in [2.05, 4.69) is 82.6 Å². The van der Waals surface area contributed by atoms with Gasteiger partial charge in [0.05, 0.1) is 5.70 Å². The molecule has 0 radical (unpaired) electrons. The van der Waals surface area contributed by atoms with Crippen LogP contribution in [0.3, 0.4) is 0 Å². The molecule has 0 saturated carbocycles. The molecule has 5 heteroatoms. The summed E-state index contributed by atoms with van der Waals surface area (Å²) in [5.74, 6) is 0.769. The first-order chi connectivity index (χ1) is 14.7. The number of rotatable bonds is 12. The lowest BCUT2D eigenvalue weighted by molar-refractivity contribution is 0.742. The second-order valence-corrected chi connectivity index (χ2v) is 7.81. The van der Waals surface area contributed by atoms with Gasteiger partial charge in [0.25, 0.3) is 0 Å². The van der Waals surface area contributed by atoms with Crippen molar-refractivity contribution in [2.24, 2.45) is 0 Å². The number of hydrogen-bond donors (Lipinski definition) is 3. The van der Waals surface area contributed by atoms with Gasteiger partial charge in [0.15, 0.2) is 5.82 Å². The zero-order chi connectivity index (χ0) is 21.2. The van der Waals surface area contributed by atoms with Crippen LogP contribution in [0.1, 0.15) is 43.9 Å². The Bertz CT molecular complexity index is 916. The summed E-state index contributed by atoms with van der Waals surface area (Å²) in [4.78, 5) is 7.43. The van der Waals surface area contributed by atoms with Crippen molar-refractivity contribution < 1.29 is 0 Å². The lowest BCUT2D eigenvalue weighted by atomic mass is 10.0. The molecular weight excluding hydrogens is 392 g/mol. The van der Waals surface area contributed by atoms with Crippen LogP contribution in [-0.4, -0.2) is 23.1 Å². The van der Waals surface area contributed by atoms with Crippen molar-refractivity contribution in [3.05, 3.63) is 77.7 Å². The molecule has 0 amide bonds. The Balaban J connectivity index is 1.45. The van der Waals surface area contributed by atoms with E-state index in [1.807, 2.05) is 6.07 Å². The van der Waals surface area contributed by atoms with Crippen LogP contribution in [0.4, 0.5) is 5.82 Å². The fourth-order valence-electron chi connectivity index (χ4n) is 3.39. The molecule has 0 fully saturated rings. The van der Waals surface area contributed by atoms with E-state index in [0.717, 1.165) is 49.6 Å². The maximum absolute atomic E-state index is 6.07. The molecule has 0 unspecified atom stereocenters. The maximum Gasteiger partial charge on any atom is 0.202 e. The van der Waals surface area contributed by atoms with E-state index in [0.29, 0.717) is 5.28 Å². The van der Waals surface area contributed by atoms with E-state index in [1.54, 1.807) is 0 Å². The van der Waals surface area contributed by atoms with Crippen molar-refractivity contribution in [2.75, 3.05) is 18.4 Å². The van der Waals surface area contributed by atoms with Gasteiger partial charge < -0.3 is 15.6 Å². The Kier molecular flexibility index (Phi) is 8.40. The topological polar surface area (TPSA) is 52.7 Å². The number of H-pyrrole nitrogens is 1. The molecule has 158 valence electrons. The first-order valence-corrected chi connectivity index (χ1v) is 11.1. The average Bonchev–Trinajstić information content (AvgIpc) is 3.16. The van der Waals surface area contributed by atoms with Crippen LogP contribution < -0.4 is 10.6 Å². The van der Waals surface area contributed by atoms with Crippen LogP contribution in [0.15, 0.2) is 61.2 Å². The standard InChI is InChI=1S/C25H31ClN4/c1-3-4-8-17-28-24-23(29-25(26)30-24)19(2)27-18-9-10-20-13-15-22(16-14-20)21-11-6-5-7-12-21/h5-7,11-16,27-28H,2-4,8-10,17-18H2,1H3,(H,29,30). The summed E-state index contributed by atoms with van der Waals surface area (Å²) in [7, 11) is 0.